The van der Waals surface area contributed by atoms with E-state index in [4.69, 9.17) is 0 Å². The van der Waals surface area contributed by atoms with Crippen LogP contribution in [0.3, 0.4) is 0 Å². The summed E-state index contributed by atoms with van der Waals surface area (Å²) in [4.78, 5) is 0. The number of hydrogen-bond acceptors (Lipinski definition) is 2. The third kappa shape index (κ3) is 6.18. The molecule has 0 heterocycles. The molecule has 2 nitrogen and oxygen atoms in total. The van der Waals surface area contributed by atoms with E-state index in [-0.39, 0.29) is 24.2 Å². The fourth-order valence-corrected chi connectivity index (χ4v) is 3.19. The molecule has 0 fully saturated rings. The summed E-state index contributed by atoms with van der Waals surface area (Å²) in [6.07, 6.45) is -2.97. The lowest BCUT2D eigenvalue weighted by Crippen LogP contribution is -2.23. The zero-order chi connectivity index (χ0) is 24.2. The van der Waals surface area contributed by atoms with Crippen molar-refractivity contribution in [1.82, 2.24) is 0 Å². The van der Waals surface area contributed by atoms with Gasteiger partial charge in [0.15, 0.2) is 17.4 Å². The van der Waals surface area contributed by atoms with Crippen LogP contribution < -0.4 is 9.47 Å². The van der Waals surface area contributed by atoms with Gasteiger partial charge in [-0.1, -0.05) is 25.1 Å². The molecule has 0 atom stereocenters. The molecule has 0 radical (unpaired) electrons. The fourth-order valence-electron chi connectivity index (χ4n) is 3.19. The first-order valence-electron chi connectivity index (χ1n) is 9.96. The van der Waals surface area contributed by atoms with Crippen molar-refractivity contribution in [3.63, 3.8) is 0 Å². The molecule has 176 valence electrons. The van der Waals surface area contributed by atoms with Crippen LogP contribution in [0.15, 0.2) is 54.6 Å². The molecule has 0 saturated heterocycles. The van der Waals surface area contributed by atoms with Gasteiger partial charge in [0.25, 0.3) is 0 Å². The normalized spacial score (nSPS) is 11.7. The van der Waals surface area contributed by atoms with E-state index in [1.54, 1.807) is 6.92 Å². The highest BCUT2D eigenvalue weighted by Gasteiger charge is 2.37. The Morgan fingerprint density at radius 1 is 0.758 bits per heavy atom. The van der Waals surface area contributed by atoms with Crippen LogP contribution in [0.25, 0.3) is 0 Å². The number of aryl methyl sites for hydroxylation is 3. The van der Waals surface area contributed by atoms with E-state index in [0.29, 0.717) is 17.5 Å². The minimum Gasteiger partial charge on any atom is -0.429 e. The average Bonchev–Trinajstić information content (AvgIpc) is 2.75. The Hall–Kier alpha value is -3.23. The van der Waals surface area contributed by atoms with Crippen molar-refractivity contribution in [2.75, 3.05) is 0 Å². The van der Waals surface area contributed by atoms with E-state index >= 15 is 0 Å². The van der Waals surface area contributed by atoms with E-state index in [1.807, 2.05) is 0 Å². The van der Waals surface area contributed by atoms with E-state index in [0.717, 1.165) is 24.3 Å². The Morgan fingerprint density at radius 3 is 1.85 bits per heavy atom. The second kappa shape index (κ2) is 10.1. The van der Waals surface area contributed by atoms with Gasteiger partial charge in [0, 0.05) is 0 Å². The topological polar surface area (TPSA) is 18.5 Å². The molecule has 0 amide bonds. The molecular weight excluding hydrogens is 453 g/mol. The van der Waals surface area contributed by atoms with E-state index in [9.17, 15) is 30.7 Å². The third-order valence-electron chi connectivity index (χ3n) is 4.89. The molecule has 0 aliphatic heterocycles. The summed E-state index contributed by atoms with van der Waals surface area (Å²) in [5.74, 6) is -4.93. The summed E-state index contributed by atoms with van der Waals surface area (Å²) < 4.78 is 103. The van der Waals surface area contributed by atoms with Crippen molar-refractivity contribution in [3.05, 3.63) is 94.3 Å². The maximum absolute atomic E-state index is 14.4. The summed E-state index contributed by atoms with van der Waals surface area (Å²) >= 11 is 0. The predicted octanol–water partition coefficient (Wildman–Crippen LogP) is 7.18. The maximum Gasteiger partial charge on any atom is 0.429 e. The Kier molecular flexibility index (Phi) is 7.50. The van der Waals surface area contributed by atoms with Gasteiger partial charge in [-0.25, -0.2) is 13.2 Å². The number of hydrogen-bond donors (Lipinski definition) is 0. The van der Waals surface area contributed by atoms with Gasteiger partial charge in [0.2, 0.25) is 0 Å². The number of halogens is 7. The smallest absolute Gasteiger partial charge is 0.429 e. The van der Waals surface area contributed by atoms with Crippen molar-refractivity contribution in [2.45, 2.75) is 38.9 Å². The van der Waals surface area contributed by atoms with Crippen molar-refractivity contribution in [1.29, 1.82) is 0 Å². The van der Waals surface area contributed by atoms with Gasteiger partial charge in [0.1, 0.15) is 11.6 Å². The van der Waals surface area contributed by atoms with Crippen LogP contribution in [0, 0.1) is 17.5 Å². The van der Waals surface area contributed by atoms with Gasteiger partial charge >= 0.3 is 12.7 Å². The van der Waals surface area contributed by atoms with Crippen LogP contribution in [0.4, 0.5) is 30.7 Å². The molecule has 3 aromatic rings. The molecule has 0 saturated carbocycles. The van der Waals surface area contributed by atoms with Crippen LogP contribution in [-0.2, 0) is 25.4 Å². The monoisotopic (exact) mass is 472 g/mol. The summed E-state index contributed by atoms with van der Waals surface area (Å²) in [7, 11) is 0. The van der Waals surface area contributed by atoms with Crippen LogP contribution in [-0.4, -0.2) is 6.61 Å². The van der Waals surface area contributed by atoms with Gasteiger partial charge < -0.3 is 9.47 Å². The second-order valence-corrected chi connectivity index (χ2v) is 7.20. The lowest BCUT2D eigenvalue weighted by atomic mass is 10.0. The first-order chi connectivity index (χ1) is 15.6. The first kappa shape index (κ1) is 24.4. The Balaban J connectivity index is 1.65. The fraction of sp³-hybridized carbons (Fsp3) is 0.250. The number of alkyl halides is 4. The zero-order valence-electron chi connectivity index (χ0n) is 17.4. The summed E-state index contributed by atoms with van der Waals surface area (Å²) in [5.41, 5.74) is 0.529. The molecular formula is C24H19F7O2. The molecule has 0 aromatic heterocycles. The molecule has 0 spiro atoms. The van der Waals surface area contributed by atoms with Crippen LogP contribution in [0.5, 0.6) is 11.5 Å². The van der Waals surface area contributed by atoms with Crippen molar-refractivity contribution < 1.29 is 40.2 Å². The lowest BCUT2D eigenvalue weighted by molar-refractivity contribution is -0.187. The Bertz CT molecular complexity index is 1080. The number of benzene rings is 3. The quantitative estimate of drug-likeness (QED) is 0.307. The predicted molar refractivity (Wildman–Crippen MR) is 107 cm³/mol. The molecule has 3 aromatic carbocycles. The first-order valence-corrected chi connectivity index (χ1v) is 9.96. The average molecular weight is 472 g/mol. The molecule has 33 heavy (non-hydrogen) atoms. The minimum absolute atomic E-state index is 0.147. The molecule has 0 aliphatic carbocycles. The van der Waals surface area contributed by atoms with Crippen LogP contribution in [0.2, 0.25) is 0 Å². The maximum atomic E-state index is 14.4. The molecule has 0 N–H and O–H groups in total. The van der Waals surface area contributed by atoms with Crippen molar-refractivity contribution >= 4 is 0 Å². The Morgan fingerprint density at radius 2 is 1.30 bits per heavy atom. The van der Waals surface area contributed by atoms with Crippen LogP contribution >= 0.6 is 0 Å². The molecule has 0 aliphatic rings. The van der Waals surface area contributed by atoms with Gasteiger partial charge in [0.05, 0.1) is 5.56 Å². The van der Waals surface area contributed by atoms with E-state index in [2.05, 4.69) is 9.47 Å². The Labute approximate surface area is 185 Å². The van der Waals surface area contributed by atoms with Crippen LogP contribution in [0.1, 0.15) is 29.2 Å². The minimum atomic E-state index is -3.89. The summed E-state index contributed by atoms with van der Waals surface area (Å²) in [6.45, 7) is -1.59. The molecule has 0 bridgehead atoms. The SMILES string of the molecule is CCc1ccc(C(F)(F)Oc2ccc(CCc3cc(F)c(OC(F)F)c(F)c3)cc2)c(F)c1. The summed E-state index contributed by atoms with van der Waals surface area (Å²) in [6, 6.07) is 10.7. The van der Waals surface area contributed by atoms with Crippen molar-refractivity contribution in [3.8, 4) is 11.5 Å². The van der Waals surface area contributed by atoms with E-state index in [1.165, 1.54) is 30.3 Å². The standard InChI is InChI=1S/C24H19F7O2/c1-2-14-7-10-18(19(25)11-14)24(30,31)33-17-8-5-15(6-9-17)3-4-16-12-20(26)22(21(27)13-16)32-23(28)29/h5-13,23H,2-4H2,1H3. The van der Waals surface area contributed by atoms with E-state index < -0.39 is 41.5 Å². The largest absolute Gasteiger partial charge is 0.429 e. The summed E-state index contributed by atoms with van der Waals surface area (Å²) in [5, 5.41) is 0. The zero-order valence-corrected chi connectivity index (χ0v) is 17.4. The van der Waals surface area contributed by atoms with Gasteiger partial charge in [-0.3, -0.25) is 0 Å². The number of rotatable bonds is 9. The second-order valence-electron chi connectivity index (χ2n) is 7.20. The molecule has 0 unspecified atom stereocenters. The molecule has 3 rings (SSSR count). The number of ether oxygens (including phenoxy) is 2. The van der Waals surface area contributed by atoms with Gasteiger partial charge in [-0.15, -0.1) is 0 Å². The highest BCUT2D eigenvalue weighted by atomic mass is 19.3. The molecule has 9 heteroatoms. The van der Waals surface area contributed by atoms with Crippen molar-refractivity contribution in [2.24, 2.45) is 0 Å². The highest BCUT2D eigenvalue weighted by molar-refractivity contribution is 5.34. The van der Waals surface area contributed by atoms with Gasteiger partial charge in [-0.2, -0.15) is 17.6 Å². The third-order valence-corrected chi connectivity index (χ3v) is 4.89. The highest BCUT2D eigenvalue weighted by Crippen LogP contribution is 2.34. The lowest BCUT2D eigenvalue weighted by Gasteiger charge is -2.19. The van der Waals surface area contributed by atoms with Gasteiger partial charge in [-0.05, 0) is 72.4 Å².